The van der Waals surface area contributed by atoms with Crippen molar-refractivity contribution in [1.29, 1.82) is 0 Å². The Balaban J connectivity index is 0.00000888. The molecule has 0 bridgehead atoms. The maximum absolute atomic E-state index is 10.9. The summed E-state index contributed by atoms with van der Waals surface area (Å²) in [5.74, 6) is -0.784. The summed E-state index contributed by atoms with van der Waals surface area (Å²) in [5, 5.41) is 137. The molecule has 6 aliphatic heterocycles. The average molecular weight is 1090 g/mol. The number of ether oxygens (including phenoxy) is 12. The van der Waals surface area contributed by atoms with Crippen molar-refractivity contribution in [3.8, 4) is 0 Å². The van der Waals surface area contributed by atoms with E-state index in [9.17, 15) is 66.4 Å². The van der Waals surface area contributed by atoms with Crippen molar-refractivity contribution in [1.82, 2.24) is 0 Å². The van der Waals surface area contributed by atoms with Crippen molar-refractivity contribution in [3.05, 3.63) is 7.11 Å². The van der Waals surface area contributed by atoms with Crippen molar-refractivity contribution in [2.24, 2.45) is 34.6 Å². The van der Waals surface area contributed by atoms with Crippen LogP contribution in [0.15, 0.2) is 0 Å². The summed E-state index contributed by atoms with van der Waals surface area (Å²) in [6.07, 6.45) is -35.2. The standard InChI is InChI=1S/C38H70N5O25.Y/c1-9-21(45)22(46)10(3-44)63-33(9)58-4-12-24(48)29(53)17(40)36(65-12)60-6-14-26(50)31(55)19(42)38(67-14)62-8-15-27(51)32(56)20(43)37(68-15)61-7-13-25(49)30(54)18(41)35(66-13)59-5-11-23(47)28(52)16(39)34(57-2)64-11;/h9-38,44-56H,2-8,39-43H2,1H3;/q-1;/t9?,10?,11?,12?,13?,14?,15?,16?,17?,18?,19?,20?,21-,22-,23-,24-,25-,26-,27-,28-,29-,30-,31-,32-,33-,34-,35-,36-,37-,38-;/m1./s1. The SMILES string of the molecule is [CH2-]O[C@@H]1OC(CO[C@@H]2OC(CO[C@@H]3OC(CO[C@@H]4OC(CO[C@@H]5OC(CO[C@@H]6OC(CO)[C@@H](O)[C@H](O)C6C)[C@@H](O)[C@H](O)C5N)[C@@H](O)[C@H](O)C4N)[C@@H](O)[C@H](O)C3N)[C@@H](O)[C@H](O)C2N)[C@@H](O)[C@H](O)C1N.[Y]. The summed E-state index contributed by atoms with van der Waals surface area (Å²) >= 11 is 0. The van der Waals surface area contributed by atoms with E-state index in [1.807, 2.05) is 0 Å². The van der Waals surface area contributed by atoms with Crippen molar-refractivity contribution in [2.45, 2.75) is 185 Å². The van der Waals surface area contributed by atoms with Crippen LogP contribution in [0.1, 0.15) is 6.92 Å². The second-order valence-corrected chi connectivity index (χ2v) is 17.9. The summed E-state index contributed by atoms with van der Waals surface area (Å²) in [6, 6.07) is -6.63. The maximum Gasteiger partial charge on any atom is 0.175 e. The summed E-state index contributed by atoms with van der Waals surface area (Å²) in [7, 11) is 3.23. The minimum absolute atomic E-state index is 0. The van der Waals surface area contributed by atoms with Gasteiger partial charge in [0.15, 0.2) is 31.5 Å². The molecule has 1 radical (unpaired) electrons. The van der Waals surface area contributed by atoms with Crippen molar-refractivity contribution < 1.29 is 156 Å². The predicted octanol–water partition coefficient (Wildman–Crippen LogP) is -12.2. The zero-order valence-electron chi connectivity index (χ0n) is 37.4. The normalized spacial score (nSPS) is 52.0. The van der Waals surface area contributed by atoms with E-state index in [0.29, 0.717) is 0 Å². The minimum Gasteiger partial charge on any atom is -0.531 e. The molecule has 6 rings (SSSR count). The monoisotopic (exact) mass is 1090 g/mol. The van der Waals surface area contributed by atoms with Crippen LogP contribution in [-0.4, -0.2) is 284 Å². The van der Waals surface area contributed by atoms with Crippen LogP contribution in [0.2, 0.25) is 0 Å². The van der Waals surface area contributed by atoms with E-state index in [2.05, 4.69) is 7.11 Å². The van der Waals surface area contributed by atoms with Gasteiger partial charge in [-0.05, 0) is 0 Å². The zero-order valence-corrected chi connectivity index (χ0v) is 40.3. The zero-order chi connectivity index (χ0) is 50.0. The second kappa shape index (κ2) is 26.1. The van der Waals surface area contributed by atoms with E-state index in [1.165, 1.54) is 6.92 Å². The van der Waals surface area contributed by atoms with Gasteiger partial charge in [-0.25, -0.2) is 7.11 Å². The van der Waals surface area contributed by atoms with Gasteiger partial charge in [0.05, 0.1) is 76.0 Å². The van der Waals surface area contributed by atoms with Gasteiger partial charge in [-0.2, -0.15) is 0 Å². The van der Waals surface area contributed by atoms with E-state index in [1.54, 1.807) is 0 Å². The molecule has 69 heavy (non-hydrogen) atoms. The van der Waals surface area contributed by atoms with Gasteiger partial charge >= 0.3 is 0 Å². The van der Waals surface area contributed by atoms with Crippen LogP contribution in [0.4, 0.5) is 0 Å². The van der Waals surface area contributed by atoms with E-state index in [-0.39, 0.29) is 32.7 Å². The summed E-state index contributed by atoms with van der Waals surface area (Å²) in [6.45, 7) is -1.74. The Morgan fingerprint density at radius 2 is 0.565 bits per heavy atom. The van der Waals surface area contributed by atoms with E-state index in [4.69, 9.17) is 85.5 Å². The Hall–Kier alpha value is -0.0961. The van der Waals surface area contributed by atoms with Crippen LogP contribution in [0.3, 0.4) is 0 Å². The first kappa shape index (κ1) is 59.8. The Kier molecular flexibility index (Phi) is 22.6. The molecule has 6 aliphatic rings. The third-order valence-electron chi connectivity index (χ3n) is 13.2. The fourth-order valence-electron chi connectivity index (χ4n) is 8.56. The first-order chi connectivity index (χ1) is 32.1. The van der Waals surface area contributed by atoms with Gasteiger partial charge in [0.1, 0.15) is 110 Å². The molecule has 31 heteroatoms. The minimum atomic E-state index is -1.70. The molecule has 0 spiro atoms. The van der Waals surface area contributed by atoms with Gasteiger partial charge < -0.3 is 152 Å². The molecule has 0 aliphatic carbocycles. The average Bonchev–Trinajstić information content (AvgIpc) is 3.33. The van der Waals surface area contributed by atoms with E-state index in [0.717, 1.165) is 0 Å². The van der Waals surface area contributed by atoms with Crippen molar-refractivity contribution >= 4 is 0 Å². The third-order valence-corrected chi connectivity index (χ3v) is 13.2. The molecule has 12 unspecified atom stereocenters. The summed E-state index contributed by atoms with van der Waals surface area (Å²) < 4.78 is 67.7. The quantitative estimate of drug-likeness (QED) is 0.0602. The number of hydrogen-bond acceptors (Lipinski definition) is 30. The van der Waals surface area contributed by atoms with Gasteiger partial charge in [0.25, 0.3) is 0 Å². The number of nitrogens with two attached hydrogens (primary N) is 5. The van der Waals surface area contributed by atoms with Crippen LogP contribution in [-0.2, 0) is 89.6 Å². The molecule has 0 saturated carbocycles. The Morgan fingerprint density at radius 3 is 0.826 bits per heavy atom. The fourth-order valence-corrected chi connectivity index (χ4v) is 8.56. The number of rotatable bonds is 17. The molecule has 23 N–H and O–H groups in total. The molecule has 6 fully saturated rings. The smallest absolute Gasteiger partial charge is 0.175 e. The van der Waals surface area contributed by atoms with Crippen LogP contribution < -0.4 is 28.7 Å². The van der Waals surface area contributed by atoms with Crippen molar-refractivity contribution in [2.75, 3.05) is 39.6 Å². The van der Waals surface area contributed by atoms with Gasteiger partial charge in [-0.1, -0.05) is 6.92 Å². The number of aliphatic hydroxyl groups excluding tert-OH is 13. The molecule has 30 atom stereocenters. The molecule has 6 saturated heterocycles. The molecular weight excluding hydrogens is 1020 g/mol. The molecule has 401 valence electrons. The Bertz CT molecular complexity index is 1440. The van der Waals surface area contributed by atoms with Crippen LogP contribution in [0.5, 0.6) is 0 Å². The molecule has 0 aromatic rings. The summed E-state index contributed by atoms with van der Waals surface area (Å²) in [5.41, 5.74) is 30.2. The number of hydrogen-bond donors (Lipinski definition) is 18. The first-order valence-corrected chi connectivity index (χ1v) is 22.1. The van der Waals surface area contributed by atoms with E-state index >= 15 is 0 Å². The van der Waals surface area contributed by atoms with Gasteiger partial charge in [-0.3, -0.25) is 0 Å². The van der Waals surface area contributed by atoms with Gasteiger partial charge in [0, 0.05) is 38.6 Å². The Labute approximate surface area is 420 Å². The van der Waals surface area contributed by atoms with Crippen LogP contribution in [0, 0.1) is 13.0 Å². The van der Waals surface area contributed by atoms with Crippen molar-refractivity contribution in [3.63, 3.8) is 0 Å². The molecule has 30 nitrogen and oxygen atoms in total. The predicted molar refractivity (Wildman–Crippen MR) is 216 cm³/mol. The maximum atomic E-state index is 10.9. The topological polar surface area (TPSA) is 504 Å². The van der Waals surface area contributed by atoms with Gasteiger partial charge in [-0.15, -0.1) is 0 Å². The third kappa shape index (κ3) is 13.3. The van der Waals surface area contributed by atoms with E-state index < -0.39 is 223 Å². The molecule has 0 aromatic heterocycles. The first-order valence-electron chi connectivity index (χ1n) is 22.1. The van der Waals surface area contributed by atoms with Crippen LogP contribution in [0.25, 0.3) is 0 Å². The fraction of sp³-hybridized carbons (Fsp3) is 0.974. The second-order valence-electron chi connectivity index (χ2n) is 17.9. The largest absolute Gasteiger partial charge is 0.531 e. The molecule has 6 heterocycles. The van der Waals surface area contributed by atoms with Gasteiger partial charge in [0.2, 0.25) is 0 Å². The van der Waals surface area contributed by atoms with Crippen LogP contribution >= 0.6 is 0 Å². The summed E-state index contributed by atoms with van der Waals surface area (Å²) in [4.78, 5) is 0. The molecule has 0 amide bonds. The number of aliphatic hydroxyl groups is 13. The Morgan fingerprint density at radius 1 is 0.348 bits per heavy atom. The molecular formula is C38H70N5O25Y-. The molecule has 0 aromatic carbocycles.